The predicted octanol–water partition coefficient (Wildman–Crippen LogP) is 2.97. The van der Waals surface area contributed by atoms with Crippen molar-refractivity contribution in [3.63, 3.8) is 0 Å². The molecule has 1 fully saturated rings. The molecule has 0 amide bonds. The minimum absolute atomic E-state index is 0.0940. The van der Waals surface area contributed by atoms with E-state index in [2.05, 4.69) is 10.1 Å². The molecule has 0 unspecified atom stereocenters. The zero-order valence-electron chi connectivity index (χ0n) is 14.0. The smallest absolute Gasteiger partial charge is 0.337 e. The van der Waals surface area contributed by atoms with Crippen molar-refractivity contribution in [2.45, 2.75) is 38.5 Å². The number of benzene rings is 1. The summed E-state index contributed by atoms with van der Waals surface area (Å²) in [6, 6.07) is 6.97. The summed E-state index contributed by atoms with van der Waals surface area (Å²) in [6.45, 7) is 0.651. The molecule has 0 bridgehead atoms. The Balaban J connectivity index is 1.74. The summed E-state index contributed by atoms with van der Waals surface area (Å²) in [5.74, 6) is 0.802. The van der Waals surface area contributed by atoms with Crippen LogP contribution in [0.25, 0.3) is 11.4 Å². The summed E-state index contributed by atoms with van der Waals surface area (Å²) >= 11 is 0. The van der Waals surface area contributed by atoms with Crippen molar-refractivity contribution in [2.75, 3.05) is 13.7 Å². The SMILES string of the molecule is COC(=O)c1ccc(-c2noc(CC3(CN)CCCCC3)n2)cc1. The number of carbonyl (C=O) groups excluding carboxylic acids is 1. The molecule has 1 aromatic carbocycles. The van der Waals surface area contributed by atoms with Gasteiger partial charge in [0.2, 0.25) is 11.7 Å². The van der Waals surface area contributed by atoms with Crippen LogP contribution in [0, 0.1) is 5.41 Å². The first kappa shape index (κ1) is 16.6. The molecule has 2 aromatic rings. The monoisotopic (exact) mass is 329 g/mol. The summed E-state index contributed by atoms with van der Waals surface area (Å²) in [5.41, 5.74) is 7.43. The van der Waals surface area contributed by atoms with Gasteiger partial charge < -0.3 is 15.0 Å². The molecule has 3 rings (SSSR count). The second kappa shape index (κ2) is 7.13. The van der Waals surface area contributed by atoms with Crippen LogP contribution in [-0.4, -0.2) is 29.8 Å². The average molecular weight is 329 g/mol. The van der Waals surface area contributed by atoms with Gasteiger partial charge in [0, 0.05) is 12.0 Å². The summed E-state index contributed by atoms with van der Waals surface area (Å²) in [5, 5.41) is 4.07. The van der Waals surface area contributed by atoms with Gasteiger partial charge in [0.05, 0.1) is 12.7 Å². The van der Waals surface area contributed by atoms with Crippen molar-refractivity contribution in [2.24, 2.45) is 11.1 Å². The molecule has 1 heterocycles. The molecule has 1 aromatic heterocycles. The fourth-order valence-electron chi connectivity index (χ4n) is 3.39. The number of methoxy groups -OCH3 is 1. The molecule has 0 atom stereocenters. The summed E-state index contributed by atoms with van der Waals surface area (Å²) in [7, 11) is 1.36. The third-order valence-corrected chi connectivity index (χ3v) is 4.91. The van der Waals surface area contributed by atoms with E-state index in [1.165, 1.54) is 26.4 Å². The second-order valence-corrected chi connectivity index (χ2v) is 6.52. The number of rotatable bonds is 5. The number of nitrogens with two attached hydrogens (primary N) is 1. The molecule has 1 aliphatic rings. The Morgan fingerprint density at radius 2 is 1.96 bits per heavy atom. The van der Waals surface area contributed by atoms with Crippen LogP contribution in [-0.2, 0) is 11.2 Å². The first-order valence-corrected chi connectivity index (χ1v) is 8.37. The maximum absolute atomic E-state index is 11.5. The second-order valence-electron chi connectivity index (χ2n) is 6.52. The number of hydrogen-bond acceptors (Lipinski definition) is 6. The molecule has 6 heteroatoms. The average Bonchev–Trinajstić information content (AvgIpc) is 3.10. The van der Waals surface area contributed by atoms with E-state index in [0.29, 0.717) is 23.8 Å². The zero-order chi connectivity index (χ0) is 17.0. The van der Waals surface area contributed by atoms with Crippen molar-refractivity contribution in [1.29, 1.82) is 0 Å². The van der Waals surface area contributed by atoms with Crippen molar-refractivity contribution >= 4 is 5.97 Å². The third kappa shape index (κ3) is 3.48. The first-order valence-electron chi connectivity index (χ1n) is 8.37. The Morgan fingerprint density at radius 1 is 1.25 bits per heavy atom. The molecule has 0 radical (unpaired) electrons. The fourth-order valence-corrected chi connectivity index (χ4v) is 3.39. The van der Waals surface area contributed by atoms with Gasteiger partial charge >= 0.3 is 5.97 Å². The van der Waals surface area contributed by atoms with Crippen molar-refractivity contribution in [3.8, 4) is 11.4 Å². The van der Waals surface area contributed by atoms with Crippen LogP contribution in [0.5, 0.6) is 0 Å². The Labute approximate surface area is 141 Å². The Kier molecular flexibility index (Phi) is 4.94. The minimum Gasteiger partial charge on any atom is -0.465 e. The van der Waals surface area contributed by atoms with E-state index in [4.69, 9.17) is 15.0 Å². The fraction of sp³-hybridized carbons (Fsp3) is 0.500. The number of nitrogens with zero attached hydrogens (tertiary/aromatic N) is 2. The lowest BCUT2D eigenvalue weighted by molar-refractivity contribution is 0.0601. The maximum atomic E-state index is 11.5. The molecule has 6 nitrogen and oxygen atoms in total. The molecule has 0 spiro atoms. The Morgan fingerprint density at radius 3 is 2.58 bits per heavy atom. The number of hydrogen-bond donors (Lipinski definition) is 1. The molecule has 0 saturated heterocycles. The van der Waals surface area contributed by atoms with Crippen LogP contribution in [0.3, 0.4) is 0 Å². The number of esters is 1. The molecular weight excluding hydrogens is 306 g/mol. The molecular formula is C18H23N3O3. The lowest BCUT2D eigenvalue weighted by Crippen LogP contribution is -2.35. The van der Waals surface area contributed by atoms with Crippen LogP contribution < -0.4 is 5.73 Å². The number of aromatic nitrogens is 2. The van der Waals surface area contributed by atoms with Gasteiger partial charge in [-0.2, -0.15) is 4.98 Å². The topological polar surface area (TPSA) is 91.2 Å². The zero-order valence-corrected chi connectivity index (χ0v) is 14.0. The molecule has 1 aliphatic carbocycles. The first-order chi connectivity index (χ1) is 11.7. The Bertz CT molecular complexity index is 688. The minimum atomic E-state index is -0.363. The normalized spacial score (nSPS) is 16.8. The van der Waals surface area contributed by atoms with E-state index < -0.39 is 0 Å². The highest BCUT2D eigenvalue weighted by molar-refractivity contribution is 5.89. The summed E-state index contributed by atoms with van der Waals surface area (Å²) < 4.78 is 10.1. The molecule has 128 valence electrons. The highest BCUT2D eigenvalue weighted by Crippen LogP contribution is 2.38. The Hall–Kier alpha value is -2.21. The van der Waals surface area contributed by atoms with Crippen LogP contribution in [0.1, 0.15) is 48.4 Å². The lowest BCUT2D eigenvalue weighted by Gasteiger charge is -2.34. The van der Waals surface area contributed by atoms with Crippen LogP contribution in [0.2, 0.25) is 0 Å². The van der Waals surface area contributed by atoms with Crippen LogP contribution in [0.15, 0.2) is 28.8 Å². The van der Waals surface area contributed by atoms with E-state index in [1.807, 2.05) is 0 Å². The summed E-state index contributed by atoms with van der Waals surface area (Å²) in [4.78, 5) is 16.0. The summed E-state index contributed by atoms with van der Waals surface area (Å²) in [6.07, 6.45) is 6.69. The van der Waals surface area contributed by atoms with Crippen LogP contribution >= 0.6 is 0 Å². The van der Waals surface area contributed by atoms with Gasteiger partial charge in [-0.15, -0.1) is 0 Å². The van der Waals surface area contributed by atoms with Gasteiger partial charge in [0.15, 0.2) is 0 Å². The van der Waals surface area contributed by atoms with Crippen molar-refractivity contribution in [1.82, 2.24) is 10.1 Å². The van der Waals surface area contributed by atoms with Gasteiger partial charge in [0.1, 0.15) is 0 Å². The van der Waals surface area contributed by atoms with E-state index >= 15 is 0 Å². The predicted molar refractivity (Wildman–Crippen MR) is 89.3 cm³/mol. The molecule has 2 N–H and O–H groups in total. The largest absolute Gasteiger partial charge is 0.465 e. The van der Waals surface area contributed by atoms with Crippen molar-refractivity contribution < 1.29 is 14.1 Å². The molecule has 24 heavy (non-hydrogen) atoms. The van der Waals surface area contributed by atoms with Gasteiger partial charge in [-0.25, -0.2) is 4.79 Å². The van der Waals surface area contributed by atoms with E-state index in [9.17, 15) is 4.79 Å². The third-order valence-electron chi connectivity index (χ3n) is 4.91. The quantitative estimate of drug-likeness (QED) is 0.848. The number of carbonyl (C=O) groups is 1. The standard InChI is InChI=1S/C18H23N3O3/c1-23-17(22)14-7-5-13(6-8-14)16-20-15(24-21-16)11-18(12-19)9-3-2-4-10-18/h5-8H,2-4,9-12,19H2,1H3. The van der Waals surface area contributed by atoms with Gasteiger partial charge in [-0.05, 0) is 36.9 Å². The van der Waals surface area contributed by atoms with Gasteiger partial charge in [-0.3, -0.25) is 0 Å². The molecule has 1 saturated carbocycles. The van der Waals surface area contributed by atoms with Gasteiger partial charge in [0.25, 0.3) is 0 Å². The van der Waals surface area contributed by atoms with Crippen LogP contribution in [0.4, 0.5) is 0 Å². The van der Waals surface area contributed by atoms with E-state index in [0.717, 1.165) is 24.8 Å². The number of ether oxygens (including phenoxy) is 1. The highest BCUT2D eigenvalue weighted by atomic mass is 16.5. The van der Waals surface area contributed by atoms with Gasteiger partial charge in [-0.1, -0.05) is 36.6 Å². The molecule has 0 aliphatic heterocycles. The van der Waals surface area contributed by atoms with Crippen molar-refractivity contribution in [3.05, 3.63) is 35.7 Å². The van der Waals surface area contributed by atoms with E-state index in [-0.39, 0.29) is 11.4 Å². The lowest BCUT2D eigenvalue weighted by atomic mass is 9.72. The highest BCUT2D eigenvalue weighted by Gasteiger charge is 2.33. The van der Waals surface area contributed by atoms with E-state index in [1.54, 1.807) is 24.3 Å². The maximum Gasteiger partial charge on any atom is 0.337 e.